The van der Waals surface area contributed by atoms with Gasteiger partial charge in [0.1, 0.15) is 0 Å². The molecule has 9 rings (SSSR count). The van der Waals surface area contributed by atoms with Gasteiger partial charge in [-0.25, -0.2) is 0 Å². The molecule has 7 aromatic carbocycles. The Bertz CT molecular complexity index is 2370. The molecule has 3 heteroatoms. The molecule has 8 aromatic rings. The minimum Gasteiger partial charge on any atom is -0.373 e. The molecule has 1 aromatic heterocycles. The number of anilines is 4. The molecule has 0 bridgehead atoms. The molecule has 0 unspecified atom stereocenters. The summed E-state index contributed by atoms with van der Waals surface area (Å²) in [5, 5.41) is 13.7. The van der Waals surface area contributed by atoms with E-state index in [0.717, 1.165) is 17.9 Å². The van der Waals surface area contributed by atoms with Crippen LogP contribution < -0.4 is 10.2 Å². The van der Waals surface area contributed by atoms with Crippen molar-refractivity contribution in [3.8, 4) is 11.1 Å². The predicted molar refractivity (Wildman–Crippen MR) is 192 cm³/mol. The summed E-state index contributed by atoms with van der Waals surface area (Å²) in [5.74, 6) is 0. The Morgan fingerprint density at radius 2 is 1.23 bits per heavy atom. The molecule has 0 fully saturated rings. The van der Waals surface area contributed by atoms with Crippen LogP contribution in [0.5, 0.6) is 0 Å². The van der Waals surface area contributed by atoms with Crippen molar-refractivity contribution in [2.75, 3.05) is 16.8 Å². The fraction of sp³-hybridized carbons (Fsp3) is 0.0244. The van der Waals surface area contributed by atoms with E-state index >= 15 is 0 Å². The number of benzene rings is 7. The van der Waals surface area contributed by atoms with Crippen LogP contribution >= 0.6 is 11.3 Å². The number of thiophene rings is 1. The lowest BCUT2D eigenvalue weighted by molar-refractivity contribution is 1.31. The zero-order valence-electron chi connectivity index (χ0n) is 24.0. The molecule has 0 atom stereocenters. The molecule has 0 radical (unpaired) electrons. The molecule has 1 N–H and O–H groups in total. The molecule has 0 saturated carbocycles. The maximum atomic E-state index is 3.57. The van der Waals surface area contributed by atoms with E-state index in [4.69, 9.17) is 0 Å². The van der Waals surface area contributed by atoms with Crippen molar-refractivity contribution in [1.29, 1.82) is 0 Å². The molecular formula is C41H28N2S. The normalized spacial score (nSPS) is 12.5. The van der Waals surface area contributed by atoms with E-state index in [1.807, 2.05) is 11.3 Å². The minimum atomic E-state index is 0.879. The van der Waals surface area contributed by atoms with E-state index in [9.17, 15) is 0 Å². The van der Waals surface area contributed by atoms with Gasteiger partial charge in [0.05, 0.1) is 10.7 Å². The lowest BCUT2D eigenvalue weighted by Crippen LogP contribution is -2.10. The first-order valence-corrected chi connectivity index (χ1v) is 15.9. The Morgan fingerprint density at radius 3 is 2.07 bits per heavy atom. The summed E-state index contributed by atoms with van der Waals surface area (Å²) in [7, 11) is 0. The highest BCUT2D eigenvalue weighted by molar-refractivity contribution is 7.23. The van der Waals surface area contributed by atoms with Crippen molar-refractivity contribution in [3.63, 3.8) is 0 Å². The molecule has 0 spiro atoms. The van der Waals surface area contributed by atoms with E-state index < -0.39 is 0 Å². The first-order chi connectivity index (χ1) is 21.8. The fourth-order valence-electron chi connectivity index (χ4n) is 6.77. The van der Waals surface area contributed by atoms with Crippen molar-refractivity contribution < 1.29 is 0 Å². The van der Waals surface area contributed by atoms with Crippen LogP contribution in [0.3, 0.4) is 0 Å². The fourth-order valence-corrected chi connectivity index (χ4v) is 7.90. The number of fused-ring (bicyclic) bond motifs is 8. The minimum absolute atomic E-state index is 0.879. The van der Waals surface area contributed by atoms with Crippen molar-refractivity contribution in [3.05, 3.63) is 151 Å². The molecule has 1 aliphatic heterocycles. The van der Waals surface area contributed by atoms with Crippen molar-refractivity contribution >= 4 is 81.9 Å². The van der Waals surface area contributed by atoms with Crippen molar-refractivity contribution in [1.82, 2.24) is 0 Å². The van der Waals surface area contributed by atoms with Crippen LogP contribution in [0.1, 0.15) is 5.56 Å². The summed E-state index contributed by atoms with van der Waals surface area (Å²) >= 11 is 1.84. The Labute approximate surface area is 260 Å². The van der Waals surface area contributed by atoms with Gasteiger partial charge in [0.25, 0.3) is 0 Å². The van der Waals surface area contributed by atoms with Gasteiger partial charge in [0.15, 0.2) is 0 Å². The van der Waals surface area contributed by atoms with Crippen molar-refractivity contribution in [2.45, 2.75) is 0 Å². The molecule has 0 aliphatic carbocycles. The van der Waals surface area contributed by atoms with Gasteiger partial charge in [-0.2, -0.15) is 0 Å². The Kier molecular flexibility index (Phi) is 5.78. The number of rotatable bonds is 4. The summed E-state index contributed by atoms with van der Waals surface area (Å²) < 4.78 is 1.29. The van der Waals surface area contributed by atoms with Gasteiger partial charge >= 0.3 is 0 Å². The lowest BCUT2D eigenvalue weighted by atomic mass is 9.94. The van der Waals surface area contributed by atoms with Crippen molar-refractivity contribution in [2.24, 2.45) is 0 Å². The third-order valence-electron chi connectivity index (χ3n) is 8.84. The summed E-state index contributed by atoms with van der Waals surface area (Å²) in [6, 6.07) is 51.0. The van der Waals surface area contributed by atoms with E-state index in [-0.39, 0.29) is 0 Å². The standard InChI is InChI=1S/C41H28N2S/c1-2-9-27(10-3-1)28-16-19-31(20-17-28)43(32-21-23-35-36-15-8-24-42-41(36)44-39(35)26-32)38-25-30-12-5-7-14-34(30)40-33-13-6-4-11-29(33)18-22-37(38)40/h1-23,25-26,42H,24H2. The SMILES string of the molecule is C1=Cc2c(sc3cc(N(c4ccc(-c5ccccc5)cc4)c4cc5ccccc5c5c4ccc4ccccc45)ccc23)NC1. The van der Waals surface area contributed by atoms with Crippen LogP contribution in [0.25, 0.3) is 59.6 Å². The van der Waals surface area contributed by atoms with Crippen LogP contribution in [-0.4, -0.2) is 6.54 Å². The number of hydrogen-bond acceptors (Lipinski definition) is 3. The maximum Gasteiger partial charge on any atom is 0.0971 e. The van der Waals surface area contributed by atoms with E-state index in [2.05, 4.69) is 162 Å². The number of nitrogens with one attached hydrogen (secondary N) is 1. The smallest absolute Gasteiger partial charge is 0.0971 e. The maximum absolute atomic E-state index is 3.57. The second-order valence-electron chi connectivity index (χ2n) is 11.4. The second-order valence-corrected chi connectivity index (χ2v) is 12.4. The quantitative estimate of drug-likeness (QED) is 0.208. The van der Waals surface area contributed by atoms with Gasteiger partial charge in [-0.15, -0.1) is 11.3 Å². The highest BCUT2D eigenvalue weighted by Crippen LogP contribution is 2.46. The highest BCUT2D eigenvalue weighted by atomic mass is 32.1. The summed E-state index contributed by atoms with van der Waals surface area (Å²) in [6.07, 6.45) is 4.46. The van der Waals surface area contributed by atoms with Gasteiger partial charge in [0, 0.05) is 39.0 Å². The molecule has 0 amide bonds. The summed E-state index contributed by atoms with van der Waals surface area (Å²) in [5.41, 5.74) is 7.19. The average Bonchev–Trinajstić information content (AvgIpc) is 3.47. The number of nitrogens with zero attached hydrogens (tertiary/aromatic N) is 1. The zero-order valence-corrected chi connectivity index (χ0v) is 24.8. The number of hydrogen-bond donors (Lipinski definition) is 1. The Balaban J connectivity index is 1.32. The van der Waals surface area contributed by atoms with Crippen LogP contribution in [0.2, 0.25) is 0 Å². The predicted octanol–water partition coefficient (Wildman–Crippen LogP) is 11.9. The molecule has 208 valence electrons. The van der Waals surface area contributed by atoms with Gasteiger partial charge in [0.2, 0.25) is 0 Å². The Hall–Kier alpha value is -5.38. The first kappa shape index (κ1) is 25.1. The Morgan fingerprint density at radius 1 is 0.545 bits per heavy atom. The average molecular weight is 581 g/mol. The molecule has 2 nitrogen and oxygen atoms in total. The van der Waals surface area contributed by atoms with Gasteiger partial charge in [-0.1, -0.05) is 121 Å². The topological polar surface area (TPSA) is 15.3 Å². The highest BCUT2D eigenvalue weighted by Gasteiger charge is 2.20. The zero-order chi connectivity index (χ0) is 29.0. The van der Waals surface area contributed by atoms with E-state index in [1.54, 1.807) is 0 Å². The van der Waals surface area contributed by atoms with E-state index in [0.29, 0.717) is 0 Å². The lowest BCUT2D eigenvalue weighted by Gasteiger charge is -2.28. The monoisotopic (exact) mass is 580 g/mol. The van der Waals surface area contributed by atoms with Crippen LogP contribution in [0, 0.1) is 0 Å². The molecule has 0 saturated heterocycles. The largest absolute Gasteiger partial charge is 0.373 e. The molecule has 2 heterocycles. The van der Waals surface area contributed by atoms with Gasteiger partial charge in [-0.3, -0.25) is 0 Å². The van der Waals surface area contributed by atoms with Crippen LogP contribution in [-0.2, 0) is 0 Å². The third kappa shape index (κ3) is 4.01. The van der Waals surface area contributed by atoms with Gasteiger partial charge < -0.3 is 10.2 Å². The second kappa shape index (κ2) is 10.1. The summed E-state index contributed by atoms with van der Waals surface area (Å²) in [6.45, 7) is 0.879. The van der Waals surface area contributed by atoms with Crippen LogP contribution in [0.4, 0.5) is 22.1 Å². The molecule has 1 aliphatic rings. The summed E-state index contributed by atoms with van der Waals surface area (Å²) in [4.78, 5) is 2.44. The van der Waals surface area contributed by atoms with E-state index in [1.165, 1.54) is 69.8 Å². The van der Waals surface area contributed by atoms with Gasteiger partial charge in [-0.05, 0) is 68.4 Å². The third-order valence-corrected chi connectivity index (χ3v) is 9.96. The molecular weight excluding hydrogens is 553 g/mol. The first-order valence-electron chi connectivity index (χ1n) is 15.1. The van der Waals surface area contributed by atoms with Crippen LogP contribution in [0.15, 0.2) is 146 Å². The molecule has 44 heavy (non-hydrogen) atoms.